The molecule has 3 aromatic rings. The topological polar surface area (TPSA) is 76.3 Å². The molecule has 0 spiro atoms. The fraction of sp³-hybridized carbons (Fsp3) is 0.182. The molecule has 6 heteroatoms. The third-order valence-corrected chi connectivity index (χ3v) is 5.33. The Bertz CT molecular complexity index is 1230. The zero-order chi connectivity index (χ0) is 19.6. The molecule has 1 aliphatic heterocycles. The van der Waals surface area contributed by atoms with E-state index >= 15 is 0 Å². The summed E-state index contributed by atoms with van der Waals surface area (Å²) in [7, 11) is 0. The van der Waals surface area contributed by atoms with Crippen molar-refractivity contribution in [2.75, 3.05) is 4.90 Å². The third kappa shape index (κ3) is 2.27. The summed E-state index contributed by atoms with van der Waals surface area (Å²) >= 11 is 0. The lowest BCUT2D eigenvalue weighted by atomic mass is 9.79. The Morgan fingerprint density at radius 2 is 1.89 bits per heavy atom. The van der Waals surface area contributed by atoms with E-state index in [4.69, 9.17) is 4.98 Å². The summed E-state index contributed by atoms with van der Waals surface area (Å²) in [4.78, 5) is 30.8. The molecule has 6 nitrogen and oxygen atoms in total. The van der Waals surface area contributed by atoms with Gasteiger partial charge in [-0.3, -0.25) is 24.8 Å². The summed E-state index contributed by atoms with van der Waals surface area (Å²) in [6, 6.07) is 13.8. The van der Waals surface area contributed by atoms with E-state index in [1.54, 1.807) is 17.0 Å². The van der Waals surface area contributed by atoms with Gasteiger partial charge < -0.3 is 0 Å². The minimum absolute atomic E-state index is 0.0415. The number of carbonyl (C=O) groups excluding carboxylic acids is 1. The van der Waals surface area contributed by atoms with E-state index in [0.717, 1.165) is 34.3 Å². The van der Waals surface area contributed by atoms with Crippen LogP contribution < -0.4 is 4.90 Å². The maximum Gasteiger partial charge on any atom is 0.271 e. The highest BCUT2D eigenvalue weighted by atomic mass is 16.6. The molecular formula is C22H17N3O3. The number of aromatic nitrogens is 1. The number of nitro groups is 1. The summed E-state index contributed by atoms with van der Waals surface area (Å²) < 4.78 is 0. The molecule has 2 aromatic carbocycles. The molecule has 1 aliphatic carbocycles. The van der Waals surface area contributed by atoms with Crippen molar-refractivity contribution < 1.29 is 9.72 Å². The lowest BCUT2D eigenvalue weighted by molar-refractivity contribution is -0.384. The van der Waals surface area contributed by atoms with Crippen LogP contribution in [0.15, 0.2) is 54.6 Å². The van der Waals surface area contributed by atoms with Crippen molar-refractivity contribution in [2.45, 2.75) is 20.3 Å². The first kappa shape index (κ1) is 16.6. The highest BCUT2D eigenvalue weighted by Gasteiger charge is 2.42. The van der Waals surface area contributed by atoms with Crippen LogP contribution in [0.25, 0.3) is 16.6 Å². The number of para-hydroxylation sites is 1. The number of hydrogen-bond acceptors (Lipinski definition) is 4. The van der Waals surface area contributed by atoms with E-state index in [1.807, 2.05) is 24.3 Å². The molecule has 0 atom stereocenters. The lowest BCUT2D eigenvalue weighted by Crippen LogP contribution is -2.26. The number of allylic oxidation sites excluding steroid dienone is 1. The van der Waals surface area contributed by atoms with Crippen LogP contribution in [0.2, 0.25) is 0 Å². The Balaban J connectivity index is 1.81. The van der Waals surface area contributed by atoms with Crippen molar-refractivity contribution in [1.82, 2.24) is 4.98 Å². The number of nitro benzene ring substituents is 1. The molecule has 2 aliphatic rings. The standard InChI is InChI=1S/C22H17N3O3/c1-22(2)11-17-20-18(12-22)24(13-6-5-7-14(10-13)25(27)28)21(26)19(20)15-8-3-4-9-16(15)23-17/h3-10,12H,11H2,1-2H3. The first-order valence-corrected chi connectivity index (χ1v) is 9.09. The predicted octanol–water partition coefficient (Wildman–Crippen LogP) is 4.73. The number of fused-ring (bicyclic) bond motifs is 2. The molecule has 2 heterocycles. The zero-order valence-electron chi connectivity index (χ0n) is 15.5. The Morgan fingerprint density at radius 3 is 2.68 bits per heavy atom. The zero-order valence-corrected chi connectivity index (χ0v) is 15.5. The molecule has 138 valence electrons. The summed E-state index contributed by atoms with van der Waals surface area (Å²) in [5, 5.41) is 12.0. The van der Waals surface area contributed by atoms with Gasteiger partial charge in [0.1, 0.15) is 0 Å². The number of non-ortho nitro benzene ring substituents is 1. The molecular weight excluding hydrogens is 354 g/mol. The fourth-order valence-corrected chi connectivity index (χ4v) is 4.21. The second-order valence-corrected chi connectivity index (χ2v) is 7.94. The van der Waals surface area contributed by atoms with Gasteiger partial charge in [0.2, 0.25) is 0 Å². The maximum absolute atomic E-state index is 13.5. The number of pyridine rings is 1. The van der Waals surface area contributed by atoms with Gasteiger partial charge >= 0.3 is 0 Å². The first-order chi connectivity index (χ1) is 13.4. The van der Waals surface area contributed by atoms with Crippen molar-refractivity contribution in [3.63, 3.8) is 0 Å². The smallest absolute Gasteiger partial charge is 0.271 e. The van der Waals surface area contributed by atoms with Gasteiger partial charge in [-0.25, -0.2) is 0 Å². The molecule has 0 fully saturated rings. The summed E-state index contributed by atoms with van der Waals surface area (Å²) in [5.41, 5.74) is 4.22. The predicted molar refractivity (Wildman–Crippen MR) is 107 cm³/mol. The van der Waals surface area contributed by atoms with E-state index in [9.17, 15) is 14.9 Å². The molecule has 0 radical (unpaired) electrons. The lowest BCUT2D eigenvalue weighted by Gasteiger charge is -2.30. The van der Waals surface area contributed by atoms with Crippen LogP contribution in [0.4, 0.5) is 11.4 Å². The van der Waals surface area contributed by atoms with E-state index < -0.39 is 4.92 Å². The SMILES string of the molecule is CC1(C)C=C2c3c(nc4ccccc4c3C(=O)N2c2cccc([N+](=O)[O-])c2)C1. The third-order valence-electron chi connectivity index (χ3n) is 5.33. The van der Waals surface area contributed by atoms with E-state index in [-0.39, 0.29) is 17.0 Å². The Morgan fingerprint density at radius 1 is 1.11 bits per heavy atom. The Kier molecular flexibility index (Phi) is 3.25. The highest BCUT2D eigenvalue weighted by Crippen LogP contribution is 2.47. The summed E-state index contributed by atoms with van der Waals surface area (Å²) in [6.45, 7) is 4.21. The normalized spacial score (nSPS) is 16.9. The number of amides is 1. The van der Waals surface area contributed by atoms with Gasteiger partial charge in [0.25, 0.3) is 11.6 Å². The van der Waals surface area contributed by atoms with Crippen molar-refractivity contribution in [2.24, 2.45) is 5.41 Å². The molecule has 1 aromatic heterocycles. The second kappa shape index (κ2) is 5.48. The van der Waals surface area contributed by atoms with Crippen molar-refractivity contribution in [3.05, 3.63) is 81.5 Å². The van der Waals surface area contributed by atoms with Crippen molar-refractivity contribution in [1.29, 1.82) is 0 Å². The summed E-state index contributed by atoms with van der Waals surface area (Å²) in [5.74, 6) is -0.167. The van der Waals surface area contributed by atoms with Crippen molar-refractivity contribution >= 4 is 33.9 Å². The highest BCUT2D eigenvalue weighted by molar-refractivity contribution is 6.27. The average Bonchev–Trinajstić information content (AvgIpc) is 2.94. The van der Waals surface area contributed by atoms with Crippen LogP contribution in [0.1, 0.15) is 35.5 Å². The monoisotopic (exact) mass is 371 g/mol. The van der Waals surface area contributed by atoms with Gasteiger partial charge in [0, 0.05) is 23.1 Å². The number of anilines is 1. The molecule has 0 unspecified atom stereocenters. The molecule has 1 amide bonds. The number of carbonyl (C=O) groups is 1. The van der Waals surface area contributed by atoms with Crippen LogP contribution in [-0.4, -0.2) is 15.8 Å². The quantitative estimate of drug-likeness (QED) is 0.482. The van der Waals surface area contributed by atoms with Crippen molar-refractivity contribution in [3.8, 4) is 0 Å². The minimum Gasteiger partial charge on any atom is -0.276 e. The van der Waals surface area contributed by atoms with Gasteiger partial charge in [-0.2, -0.15) is 0 Å². The van der Waals surface area contributed by atoms with Gasteiger partial charge in [-0.05, 0) is 24.0 Å². The first-order valence-electron chi connectivity index (χ1n) is 9.09. The van der Waals surface area contributed by atoms with Gasteiger partial charge in [0.05, 0.1) is 33.1 Å². The number of rotatable bonds is 2. The molecule has 0 saturated carbocycles. The molecule has 5 rings (SSSR count). The Hall–Kier alpha value is -3.54. The number of nitrogens with zero attached hydrogens (tertiary/aromatic N) is 3. The number of benzene rings is 2. The largest absolute Gasteiger partial charge is 0.276 e. The van der Waals surface area contributed by atoms with Crippen LogP contribution in [0.3, 0.4) is 0 Å². The van der Waals surface area contributed by atoms with E-state index in [1.165, 1.54) is 12.1 Å². The fourth-order valence-electron chi connectivity index (χ4n) is 4.21. The van der Waals surface area contributed by atoms with E-state index in [0.29, 0.717) is 11.3 Å². The van der Waals surface area contributed by atoms with Gasteiger partial charge in [0.15, 0.2) is 0 Å². The van der Waals surface area contributed by atoms with E-state index in [2.05, 4.69) is 19.9 Å². The van der Waals surface area contributed by atoms with Crippen LogP contribution in [0.5, 0.6) is 0 Å². The van der Waals surface area contributed by atoms with Crippen LogP contribution in [-0.2, 0) is 6.42 Å². The molecule has 0 bridgehead atoms. The molecule has 28 heavy (non-hydrogen) atoms. The van der Waals surface area contributed by atoms with Gasteiger partial charge in [-0.1, -0.05) is 44.2 Å². The average molecular weight is 371 g/mol. The second-order valence-electron chi connectivity index (χ2n) is 7.94. The van der Waals surface area contributed by atoms with Gasteiger partial charge in [-0.15, -0.1) is 0 Å². The van der Waals surface area contributed by atoms with Crippen LogP contribution >= 0.6 is 0 Å². The molecule has 0 saturated heterocycles. The molecule has 0 N–H and O–H groups in total. The minimum atomic E-state index is -0.446. The van der Waals surface area contributed by atoms with Crippen LogP contribution in [0, 0.1) is 15.5 Å². The maximum atomic E-state index is 13.5. The number of hydrogen-bond donors (Lipinski definition) is 0. The Labute approximate surface area is 161 Å². The summed E-state index contributed by atoms with van der Waals surface area (Å²) in [6.07, 6.45) is 2.82.